The molecule has 0 aliphatic carbocycles. The summed E-state index contributed by atoms with van der Waals surface area (Å²) >= 11 is 22.5. The minimum atomic E-state index is -2.13. The van der Waals surface area contributed by atoms with E-state index < -0.39 is 22.0 Å². The third-order valence-electron chi connectivity index (χ3n) is 2.82. The smallest absolute Gasteiger partial charge is 0.337 e. The molecule has 2 rings (SSSR count). The fraction of sp³-hybridized carbons (Fsp3) is 0.250. The number of benzene rings is 1. The molecule has 1 aromatic rings. The molecule has 1 unspecified atom stereocenters. The molecule has 0 radical (unpaired) electrons. The van der Waals surface area contributed by atoms with Gasteiger partial charge in [0.05, 0.1) is 10.7 Å². The standard InChI is InChI=1S/C12H9Cl4N3O3/c1-18-8(17-10(21)12(14,15)16)9(20)19(11(18)22)7-5-3-2-4-6(7)13/h2-5,10,21H,1H3. The van der Waals surface area contributed by atoms with Gasteiger partial charge < -0.3 is 5.11 Å². The van der Waals surface area contributed by atoms with Crippen molar-refractivity contribution < 1.29 is 14.7 Å². The van der Waals surface area contributed by atoms with Crippen LogP contribution in [0.4, 0.5) is 10.5 Å². The van der Waals surface area contributed by atoms with Crippen LogP contribution in [0.2, 0.25) is 5.02 Å². The van der Waals surface area contributed by atoms with Gasteiger partial charge in [0.2, 0.25) is 9.63 Å². The highest BCUT2D eigenvalue weighted by molar-refractivity contribution is 6.68. The van der Waals surface area contributed by atoms with Gasteiger partial charge in [-0.2, -0.15) is 0 Å². The predicted octanol–water partition coefficient (Wildman–Crippen LogP) is 2.83. The highest BCUT2D eigenvalue weighted by atomic mass is 35.6. The lowest BCUT2D eigenvalue weighted by atomic mass is 10.3. The van der Waals surface area contributed by atoms with Crippen LogP contribution in [0.5, 0.6) is 0 Å². The second kappa shape index (κ2) is 6.22. The van der Waals surface area contributed by atoms with Crippen LogP contribution in [0.1, 0.15) is 0 Å². The molecule has 1 aliphatic heterocycles. The van der Waals surface area contributed by atoms with Gasteiger partial charge in [0.15, 0.2) is 6.23 Å². The SMILES string of the molecule is CN1C(=O)N(c2ccccc2Cl)C(=O)C1=NC(O)C(Cl)(Cl)Cl. The Kier molecular flexibility index (Phi) is 4.89. The van der Waals surface area contributed by atoms with Crippen LogP contribution < -0.4 is 4.90 Å². The number of amides is 3. The lowest BCUT2D eigenvalue weighted by Crippen LogP contribution is -2.31. The van der Waals surface area contributed by atoms with Gasteiger partial charge in [-0.15, -0.1) is 0 Å². The molecule has 10 heteroatoms. The average molecular weight is 385 g/mol. The summed E-state index contributed by atoms with van der Waals surface area (Å²) in [6.45, 7) is 0. The molecule has 22 heavy (non-hydrogen) atoms. The number of aliphatic imine (C=N–C) groups is 1. The van der Waals surface area contributed by atoms with E-state index in [1.54, 1.807) is 12.1 Å². The first-order valence-corrected chi connectivity index (χ1v) is 7.35. The van der Waals surface area contributed by atoms with Gasteiger partial charge in [0, 0.05) is 7.05 Å². The number of alkyl halides is 3. The Labute approximate surface area is 145 Å². The molecule has 1 fully saturated rings. The minimum absolute atomic E-state index is 0.194. The molecule has 6 nitrogen and oxygen atoms in total. The van der Waals surface area contributed by atoms with Gasteiger partial charge >= 0.3 is 11.9 Å². The summed E-state index contributed by atoms with van der Waals surface area (Å²) in [4.78, 5) is 30.0. The number of imide groups is 1. The van der Waals surface area contributed by atoms with Gasteiger partial charge in [-0.05, 0) is 12.1 Å². The lowest BCUT2D eigenvalue weighted by Gasteiger charge is -2.16. The summed E-state index contributed by atoms with van der Waals surface area (Å²) in [5.41, 5.74) is 0.194. The van der Waals surface area contributed by atoms with Crippen LogP contribution >= 0.6 is 46.4 Å². The first-order chi connectivity index (χ1) is 10.1. The van der Waals surface area contributed by atoms with E-state index >= 15 is 0 Å². The Morgan fingerprint density at radius 3 is 2.36 bits per heavy atom. The fourth-order valence-electron chi connectivity index (χ4n) is 1.75. The third kappa shape index (κ3) is 3.16. The zero-order chi connectivity index (χ0) is 16.7. The number of rotatable bonds is 2. The van der Waals surface area contributed by atoms with E-state index in [-0.39, 0.29) is 16.5 Å². The van der Waals surface area contributed by atoms with Gasteiger partial charge in [-0.3, -0.25) is 9.69 Å². The number of hydrogen-bond acceptors (Lipinski definition) is 4. The molecule has 1 heterocycles. The summed E-state index contributed by atoms with van der Waals surface area (Å²) in [5.74, 6) is -1.14. The second-order valence-corrected chi connectivity index (χ2v) is 7.08. The van der Waals surface area contributed by atoms with Crippen LogP contribution in [0, 0.1) is 0 Å². The molecule has 0 aromatic heterocycles. The number of likely N-dealkylation sites (N-methyl/N-ethyl adjacent to an activating group) is 1. The van der Waals surface area contributed by atoms with Gasteiger partial charge in [-0.25, -0.2) is 14.7 Å². The largest absolute Gasteiger partial charge is 0.368 e. The molecule has 1 atom stereocenters. The quantitative estimate of drug-likeness (QED) is 0.629. The van der Waals surface area contributed by atoms with E-state index in [0.717, 1.165) is 9.80 Å². The average Bonchev–Trinajstić information content (AvgIpc) is 2.63. The molecule has 0 saturated carbocycles. The van der Waals surface area contributed by atoms with E-state index in [9.17, 15) is 14.7 Å². The molecule has 1 aromatic carbocycles. The fourth-order valence-corrected chi connectivity index (χ4v) is 2.11. The number of carbonyl (C=O) groups is 2. The molecular weight excluding hydrogens is 376 g/mol. The molecule has 1 aliphatic rings. The number of amidine groups is 1. The number of urea groups is 1. The Morgan fingerprint density at radius 1 is 1.23 bits per heavy atom. The van der Waals surface area contributed by atoms with Crippen LogP contribution in [-0.2, 0) is 4.79 Å². The predicted molar refractivity (Wildman–Crippen MR) is 85.8 cm³/mol. The zero-order valence-electron chi connectivity index (χ0n) is 11.0. The summed E-state index contributed by atoms with van der Waals surface area (Å²) in [6.07, 6.45) is -1.81. The van der Waals surface area contributed by atoms with E-state index in [0.29, 0.717) is 0 Å². The van der Waals surface area contributed by atoms with Gasteiger partial charge in [0.1, 0.15) is 0 Å². The Morgan fingerprint density at radius 2 is 1.82 bits per heavy atom. The van der Waals surface area contributed by atoms with Crippen molar-refractivity contribution in [3.63, 3.8) is 0 Å². The molecule has 3 amide bonds. The van der Waals surface area contributed by atoms with Gasteiger partial charge in [-0.1, -0.05) is 58.5 Å². The second-order valence-electron chi connectivity index (χ2n) is 4.30. The van der Waals surface area contributed by atoms with Crippen molar-refractivity contribution in [1.82, 2.24) is 4.90 Å². The Balaban J connectivity index is 2.43. The lowest BCUT2D eigenvalue weighted by molar-refractivity contribution is -0.111. The molecule has 0 spiro atoms. The monoisotopic (exact) mass is 383 g/mol. The Bertz CT molecular complexity index is 659. The minimum Gasteiger partial charge on any atom is -0.368 e. The molecule has 1 saturated heterocycles. The number of hydrogen-bond donors (Lipinski definition) is 1. The highest BCUT2D eigenvalue weighted by Crippen LogP contribution is 2.33. The number of aliphatic hydroxyl groups excluding tert-OH is 1. The summed E-state index contributed by atoms with van der Waals surface area (Å²) in [7, 11) is 1.31. The number of nitrogens with zero attached hydrogens (tertiary/aromatic N) is 3. The van der Waals surface area contributed by atoms with E-state index in [1.807, 2.05) is 0 Å². The van der Waals surface area contributed by atoms with Crippen LogP contribution in [0.25, 0.3) is 0 Å². The maximum absolute atomic E-state index is 12.4. The van der Waals surface area contributed by atoms with Crippen molar-refractivity contribution in [3.05, 3.63) is 29.3 Å². The highest BCUT2D eigenvalue weighted by Gasteiger charge is 2.44. The number of para-hydroxylation sites is 1. The van der Waals surface area contributed by atoms with Crippen molar-refractivity contribution in [2.45, 2.75) is 10.0 Å². The van der Waals surface area contributed by atoms with E-state index in [4.69, 9.17) is 46.4 Å². The van der Waals surface area contributed by atoms with Crippen molar-refractivity contribution in [2.75, 3.05) is 11.9 Å². The normalized spacial score (nSPS) is 19.3. The molecule has 1 N–H and O–H groups in total. The van der Waals surface area contributed by atoms with Crippen molar-refractivity contribution in [2.24, 2.45) is 4.99 Å². The maximum Gasteiger partial charge on any atom is 0.337 e. The van der Waals surface area contributed by atoms with E-state index in [2.05, 4.69) is 4.99 Å². The van der Waals surface area contributed by atoms with Crippen molar-refractivity contribution in [3.8, 4) is 0 Å². The number of aliphatic hydroxyl groups is 1. The first-order valence-electron chi connectivity index (χ1n) is 5.84. The summed E-state index contributed by atoms with van der Waals surface area (Å²) in [6, 6.07) is 5.62. The van der Waals surface area contributed by atoms with Crippen molar-refractivity contribution >= 4 is 69.9 Å². The zero-order valence-corrected chi connectivity index (χ0v) is 14.0. The number of halogens is 4. The number of anilines is 1. The van der Waals surface area contributed by atoms with Crippen LogP contribution in [-0.4, -0.2) is 44.8 Å². The summed E-state index contributed by atoms with van der Waals surface area (Å²) in [5, 5.41) is 9.87. The Hall–Kier alpha value is -1.05. The maximum atomic E-state index is 12.4. The van der Waals surface area contributed by atoms with Crippen molar-refractivity contribution in [1.29, 1.82) is 0 Å². The van der Waals surface area contributed by atoms with E-state index in [1.165, 1.54) is 19.2 Å². The molecular formula is C12H9Cl4N3O3. The third-order valence-corrected chi connectivity index (χ3v) is 3.73. The number of carbonyl (C=O) groups excluding carboxylic acids is 2. The topological polar surface area (TPSA) is 73.2 Å². The molecule has 0 bridgehead atoms. The van der Waals surface area contributed by atoms with Crippen LogP contribution in [0.15, 0.2) is 29.3 Å². The summed E-state index contributed by atoms with van der Waals surface area (Å²) < 4.78 is -2.13. The first kappa shape index (κ1) is 17.3. The van der Waals surface area contributed by atoms with Gasteiger partial charge in [0.25, 0.3) is 0 Å². The molecule has 118 valence electrons. The van der Waals surface area contributed by atoms with Crippen LogP contribution in [0.3, 0.4) is 0 Å².